The zero-order valence-corrected chi connectivity index (χ0v) is 12.1. The highest BCUT2D eigenvalue weighted by atomic mass is 16.4. The van der Waals surface area contributed by atoms with Gasteiger partial charge in [-0.1, -0.05) is 0 Å². The van der Waals surface area contributed by atoms with Crippen LogP contribution >= 0.6 is 0 Å². The largest absolute Gasteiger partial charge is 0.481 e. The maximum absolute atomic E-state index is 12.0. The van der Waals surface area contributed by atoms with E-state index in [9.17, 15) is 14.4 Å². The summed E-state index contributed by atoms with van der Waals surface area (Å²) in [5.41, 5.74) is 0. The van der Waals surface area contributed by atoms with E-state index in [1.807, 2.05) is 19.0 Å². The van der Waals surface area contributed by atoms with E-state index in [1.54, 1.807) is 4.90 Å². The molecule has 1 heterocycles. The van der Waals surface area contributed by atoms with E-state index in [2.05, 4.69) is 5.32 Å². The zero-order chi connectivity index (χ0) is 15.1. The molecular formula is C13H23N3O4. The summed E-state index contributed by atoms with van der Waals surface area (Å²) in [6.45, 7) is 1.44. The van der Waals surface area contributed by atoms with Gasteiger partial charge in [0, 0.05) is 32.0 Å². The highest BCUT2D eigenvalue weighted by Crippen LogP contribution is 2.17. The fraction of sp³-hybridized carbons (Fsp3) is 0.769. The van der Waals surface area contributed by atoms with Gasteiger partial charge in [-0.2, -0.15) is 0 Å². The predicted octanol–water partition coefficient (Wildman–Crippen LogP) is 0.503. The van der Waals surface area contributed by atoms with Gasteiger partial charge in [0.15, 0.2) is 0 Å². The Labute approximate surface area is 118 Å². The Hall–Kier alpha value is -1.63. The molecule has 1 atom stereocenters. The van der Waals surface area contributed by atoms with Crippen LogP contribution < -0.4 is 5.32 Å². The third kappa shape index (κ3) is 5.56. The minimum Gasteiger partial charge on any atom is -0.481 e. The lowest BCUT2D eigenvalue weighted by molar-refractivity contribution is -0.137. The average molecular weight is 285 g/mol. The van der Waals surface area contributed by atoms with Gasteiger partial charge in [0.1, 0.15) is 0 Å². The minimum absolute atomic E-state index is 0.0597. The molecule has 20 heavy (non-hydrogen) atoms. The lowest BCUT2D eigenvalue weighted by Gasteiger charge is -2.26. The Balaban J connectivity index is 2.37. The summed E-state index contributed by atoms with van der Waals surface area (Å²) < 4.78 is 0. The Morgan fingerprint density at radius 2 is 2.00 bits per heavy atom. The zero-order valence-electron chi connectivity index (χ0n) is 12.1. The van der Waals surface area contributed by atoms with Gasteiger partial charge in [-0.15, -0.1) is 0 Å². The number of carboxylic acid groups (broad SMARTS) is 1. The van der Waals surface area contributed by atoms with E-state index in [0.29, 0.717) is 6.54 Å². The number of carboxylic acids is 1. The standard InChI is InChI=1S/C13H23N3O4/c1-15(2)9-10-5-4-8-16(10)13(20)14-11(17)6-3-7-12(18)19/h10H,3-9H2,1-2H3,(H,18,19)(H,14,17,20). The number of amides is 3. The van der Waals surface area contributed by atoms with E-state index < -0.39 is 11.9 Å². The van der Waals surface area contributed by atoms with E-state index in [4.69, 9.17) is 5.11 Å². The summed E-state index contributed by atoms with van der Waals surface area (Å²) in [4.78, 5) is 37.6. The first-order chi connectivity index (χ1) is 9.40. The number of hydrogen-bond donors (Lipinski definition) is 2. The molecule has 1 saturated heterocycles. The molecule has 0 saturated carbocycles. The average Bonchev–Trinajstić information content (AvgIpc) is 2.75. The van der Waals surface area contributed by atoms with E-state index in [-0.39, 0.29) is 31.3 Å². The van der Waals surface area contributed by atoms with Crippen LogP contribution in [0.1, 0.15) is 32.1 Å². The first-order valence-corrected chi connectivity index (χ1v) is 6.87. The number of hydrogen-bond acceptors (Lipinski definition) is 4. The van der Waals surface area contributed by atoms with Crippen molar-refractivity contribution in [2.24, 2.45) is 0 Å². The number of urea groups is 1. The summed E-state index contributed by atoms with van der Waals surface area (Å²) in [6.07, 6.45) is 2.13. The maximum atomic E-state index is 12.0. The molecule has 1 aliphatic heterocycles. The fourth-order valence-corrected chi connectivity index (χ4v) is 2.37. The molecule has 0 aromatic carbocycles. The highest BCUT2D eigenvalue weighted by molar-refractivity contribution is 5.94. The smallest absolute Gasteiger partial charge is 0.324 e. The van der Waals surface area contributed by atoms with Gasteiger partial charge in [-0.3, -0.25) is 14.9 Å². The van der Waals surface area contributed by atoms with Crippen molar-refractivity contribution in [1.82, 2.24) is 15.1 Å². The SMILES string of the molecule is CN(C)CC1CCCN1C(=O)NC(=O)CCCC(=O)O. The van der Waals surface area contributed by atoms with Gasteiger partial charge in [0.05, 0.1) is 0 Å². The van der Waals surface area contributed by atoms with Crippen molar-refractivity contribution in [1.29, 1.82) is 0 Å². The molecule has 0 aromatic heterocycles. The van der Waals surface area contributed by atoms with Gasteiger partial charge >= 0.3 is 12.0 Å². The normalized spacial score (nSPS) is 18.4. The number of carbonyl (C=O) groups is 3. The molecule has 114 valence electrons. The van der Waals surface area contributed by atoms with E-state index in [1.165, 1.54) is 0 Å². The second-order valence-corrected chi connectivity index (χ2v) is 5.35. The van der Waals surface area contributed by atoms with Gasteiger partial charge in [-0.05, 0) is 33.4 Å². The fourth-order valence-electron chi connectivity index (χ4n) is 2.37. The molecule has 0 spiro atoms. The molecule has 1 rings (SSSR count). The molecule has 1 fully saturated rings. The van der Waals surface area contributed by atoms with Gasteiger partial charge in [0.2, 0.25) is 5.91 Å². The molecule has 0 aromatic rings. The van der Waals surface area contributed by atoms with Crippen molar-refractivity contribution in [3.63, 3.8) is 0 Å². The van der Waals surface area contributed by atoms with Crippen LogP contribution in [0, 0.1) is 0 Å². The Morgan fingerprint density at radius 1 is 1.30 bits per heavy atom. The molecule has 3 amide bonds. The summed E-state index contributed by atoms with van der Waals surface area (Å²) in [5.74, 6) is -1.35. The molecular weight excluding hydrogens is 262 g/mol. The Morgan fingerprint density at radius 3 is 2.60 bits per heavy atom. The van der Waals surface area contributed by atoms with Crippen LogP contribution in [0.5, 0.6) is 0 Å². The number of imide groups is 1. The molecule has 7 nitrogen and oxygen atoms in total. The Kier molecular flexibility index (Phi) is 6.44. The van der Waals surface area contributed by atoms with Crippen LogP contribution in [0.2, 0.25) is 0 Å². The summed E-state index contributed by atoms with van der Waals surface area (Å²) in [5, 5.41) is 10.8. The Bertz CT molecular complexity index is 371. The van der Waals surface area contributed by atoms with E-state index in [0.717, 1.165) is 19.4 Å². The number of likely N-dealkylation sites (tertiary alicyclic amines) is 1. The number of aliphatic carboxylic acids is 1. The number of nitrogens with zero attached hydrogens (tertiary/aromatic N) is 2. The van der Waals surface area contributed by atoms with Gasteiger partial charge in [-0.25, -0.2) is 4.79 Å². The van der Waals surface area contributed by atoms with Gasteiger partial charge < -0.3 is 14.9 Å². The molecule has 1 unspecified atom stereocenters. The minimum atomic E-state index is -0.935. The van der Waals surface area contributed by atoms with Crippen LogP contribution in [0.3, 0.4) is 0 Å². The topological polar surface area (TPSA) is 90.0 Å². The molecule has 7 heteroatoms. The third-order valence-electron chi connectivity index (χ3n) is 3.25. The van der Waals surface area contributed by atoms with Crippen LogP contribution in [-0.2, 0) is 9.59 Å². The molecule has 0 aliphatic carbocycles. The van der Waals surface area contributed by atoms with Crippen molar-refractivity contribution in [2.75, 3.05) is 27.2 Å². The van der Waals surface area contributed by atoms with Gasteiger partial charge in [0.25, 0.3) is 0 Å². The molecule has 2 N–H and O–H groups in total. The summed E-state index contributed by atoms with van der Waals surface area (Å²) >= 11 is 0. The first kappa shape index (κ1) is 16.4. The van der Waals surface area contributed by atoms with Crippen LogP contribution in [0.25, 0.3) is 0 Å². The lowest BCUT2D eigenvalue weighted by Crippen LogP contribution is -2.48. The monoisotopic (exact) mass is 285 g/mol. The van der Waals surface area contributed by atoms with E-state index >= 15 is 0 Å². The van der Waals surface area contributed by atoms with Crippen LogP contribution in [0.15, 0.2) is 0 Å². The number of nitrogens with one attached hydrogen (secondary N) is 1. The van der Waals surface area contributed by atoms with Crippen molar-refractivity contribution < 1.29 is 19.5 Å². The second-order valence-electron chi connectivity index (χ2n) is 5.35. The highest BCUT2D eigenvalue weighted by Gasteiger charge is 2.29. The van der Waals surface area contributed by atoms with Crippen molar-refractivity contribution >= 4 is 17.9 Å². The number of carbonyl (C=O) groups excluding carboxylic acids is 2. The molecule has 0 bridgehead atoms. The lowest BCUT2D eigenvalue weighted by atomic mass is 10.2. The summed E-state index contributed by atoms with van der Waals surface area (Å²) in [7, 11) is 3.90. The maximum Gasteiger partial charge on any atom is 0.324 e. The van der Waals surface area contributed by atoms with Crippen molar-refractivity contribution in [3.05, 3.63) is 0 Å². The number of likely N-dealkylation sites (N-methyl/N-ethyl adjacent to an activating group) is 1. The van der Waals surface area contributed by atoms with Crippen molar-refractivity contribution in [2.45, 2.75) is 38.1 Å². The number of rotatable bonds is 6. The van der Waals surface area contributed by atoms with Crippen LogP contribution in [-0.4, -0.2) is 66.0 Å². The molecule has 0 radical (unpaired) electrons. The quantitative estimate of drug-likeness (QED) is 0.742. The first-order valence-electron chi connectivity index (χ1n) is 6.87. The predicted molar refractivity (Wildman–Crippen MR) is 73.3 cm³/mol. The third-order valence-corrected chi connectivity index (χ3v) is 3.25. The van der Waals surface area contributed by atoms with Crippen molar-refractivity contribution in [3.8, 4) is 0 Å². The summed E-state index contributed by atoms with van der Waals surface area (Å²) in [6, 6.07) is -0.230. The second kappa shape index (κ2) is 7.84. The van der Waals surface area contributed by atoms with Crippen LogP contribution in [0.4, 0.5) is 4.79 Å². The molecule has 1 aliphatic rings.